The molecule has 0 bridgehead atoms. The number of aromatic nitrogens is 2. The number of aryl methyl sites for hydroxylation is 1. The Balaban J connectivity index is 1.61. The molecular formula is C27H36N8O. The Hall–Kier alpha value is -3.64. The Labute approximate surface area is 213 Å². The van der Waals surface area contributed by atoms with Gasteiger partial charge in [0.2, 0.25) is 11.9 Å². The van der Waals surface area contributed by atoms with Crippen molar-refractivity contribution in [3.8, 4) is 6.07 Å². The van der Waals surface area contributed by atoms with Crippen molar-refractivity contribution < 1.29 is 4.79 Å². The molecule has 1 amide bonds. The molecule has 36 heavy (non-hydrogen) atoms. The molecule has 1 aromatic carbocycles. The quantitative estimate of drug-likeness (QED) is 0.469. The second kappa shape index (κ2) is 11.9. The number of carbonyl (C=O) groups is 1. The van der Waals surface area contributed by atoms with Crippen LogP contribution in [0.2, 0.25) is 0 Å². The normalized spacial score (nSPS) is 16.8. The molecule has 1 saturated heterocycles. The lowest BCUT2D eigenvalue weighted by molar-refractivity contribution is -0.111. The molecule has 9 nitrogen and oxygen atoms in total. The molecule has 1 saturated carbocycles. The first-order valence-electron chi connectivity index (χ1n) is 12.9. The van der Waals surface area contributed by atoms with Crippen molar-refractivity contribution >= 4 is 34.7 Å². The van der Waals surface area contributed by atoms with Crippen molar-refractivity contribution in [1.82, 2.24) is 14.9 Å². The van der Waals surface area contributed by atoms with Gasteiger partial charge in [-0.3, -0.25) is 4.79 Å². The number of hydrogen-bond donors (Lipinski definition) is 3. The fourth-order valence-electron chi connectivity index (χ4n) is 4.91. The van der Waals surface area contributed by atoms with Gasteiger partial charge in [0.05, 0.1) is 17.6 Å². The highest BCUT2D eigenvalue weighted by Gasteiger charge is 2.20. The number of amides is 1. The van der Waals surface area contributed by atoms with E-state index >= 15 is 0 Å². The van der Waals surface area contributed by atoms with Gasteiger partial charge in [-0.05, 0) is 50.1 Å². The van der Waals surface area contributed by atoms with Crippen molar-refractivity contribution in [2.45, 2.75) is 52.0 Å². The number of rotatable bonds is 8. The van der Waals surface area contributed by atoms with E-state index in [4.69, 9.17) is 0 Å². The van der Waals surface area contributed by atoms with Gasteiger partial charge in [0.25, 0.3) is 0 Å². The lowest BCUT2D eigenvalue weighted by atomic mass is 9.95. The summed E-state index contributed by atoms with van der Waals surface area (Å²) in [6.45, 7) is 12.7. The number of benzene rings is 1. The van der Waals surface area contributed by atoms with Crippen LogP contribution in [0, 0.1) is 18.3 Å². The van der Waals surface area contributed by atoms with Gasteiger partial charge in [-0.15, -0.1) is 0 Å². The van der Waals surface area contributed by atoms with Crippen LogP contribution in [0.5, 0.6) is 0 Å². The first-order valence-corrected chi connectivity index (χ1v) is 12.9. The minimum atomic E-state index is -0.286. The molecule has 1 aliphatic heterocycles. The van der Waals surface area contributed by atoms with Crippen LogP contribution < -0.4 is 20.9 Å². The maximum absolute atomic E-state index is 12.3. The van der Waals surface area contributed by atoms with Gasteiger partial charge < -0.3 is 25.8 Å². The minimum Gasteiger partial charge on any atom is -0.369 e. The van der Waals surface area contributed by atoms with Crippen molar-refractivity contribution in [3.05, 3.63) is 42.1 Å². The highest BCUT2D eigenvalue weighted by molar-refractivity contribution is 6.02. The maximum atomic E-state index is 12.3. The number of hydrogen-bond acceptors (Lipinski definition) is 8. The molecule has 2 heterocycles. The zero-order chi connectivity index (χ0) is 25.5. The summed E-state index contributed by atoms with van der Waals surface area (Å²) in [4.78, 5) is 26.1. The van der Waals surface area contributed by atoms with Gasteiger partial charge >= 0.3 is 0 Å². The highest BCUT2D eigenvalue weighted by Crippen LogP contribution is 2.34. The molecule has 0 radical (unpaired) electrons. The lowest BCUT2D eigenvalue weighted by Crippen LogP contribution is -2.46. The number of piperazine rings is 1. The highest BCUT2D eigenvalue weighted by atomic mass is 16.1. The second-order valence-corrected chi connectivity index (χ2v) is 9.47. The van der Waals surface area contributed by atoms with Crippen LogP contribution >= 0.6 is 0 Å². The molecule has 1 aliphatic carbocycles. The summed E-state index contributed by atoms with van der Waals surface area (Å²) in [7, 11) is 0. The first kappa shape index (κ1) is 25.5. The number of anilines is 5. The van der Waals surface area contributed by atoms with Gasteiger partial charge in [0.15, 0.2) is 0 Å². The number of nitriles is 1. The smallest absolute Gasteiger partial charge is 0.247 e. The van der Waals surface area contributed by atoms with E-state index in [1.54, 1.807) is 6.20 Å². The van der Waals surface area contributed by atoms with E-state index in [0.717, 1.165) is 62.5 Å². The molecule has 0 spiro atoms. The topological polar surface area (TPSA) is 109 Å². The summed E-state index contributed by atoms with van der Waals surface area (Å²) in [5, 5.41) is 19.3. The van der Waals surface area contributed by atoms with E-state index in [-0.39, 0.29) is 5.91 Å². The molecule has 4 rings (SSSR count). The zero-order valence-electron chi connectivity index (χ0n) is 21.3. The van der Waals surface area contributed by atoms with E-state index < -0.39 is 0 Å². The summed E-state index contributed by atoms with van der Waals surface area (Å²) < 4.78 is 0. The first-order chi connectivity index (χ1) is 17.5. The van der Waals surface area contributed by atoms with Crippen LogP contribution in [0.4, 0.5) is 28.8 Å². The molecule has 0 unspecified atom stereocenters. The molecule has 2 aliphatic rings. The average molecular weight is 489 g/mol. The standard InChI is InChI=1S/C27H36N8O/c1-4-24(36)31-23-16-22(35-13-11-34(5-2)12-14-35)15-19(3)25(23)32-27-29-18-20(17-28)26(33-27)30-21-9-7-6-8-10-21/h4,15-16,18,21H,1,5-14H2,2-3H3,(H,31,36)(H2,29,30,32,33). The maximum Gasteiger partial charge on any atom is 0.247 e. The number of carbonyl (C=O) groups excluding carboxylic acids is 1. The molecule has 3 N–H and O–H groups in total. The van der Waals surface area contributed by atoms with Crippen molar-refractivity contribution in [1.29, 1.82) is 5.26 Å². The van der Waals surface area contributed by atoms with Gasteiger partial charge in [-0.1, -0.05) is 32.8 Å². The molecule has 190 valence electrons. The largest absolute Gasteiger partial charge is 0.369 e. The lowest BCUT2D eigenvalue weighted by Gasteiger charge is -2.36. The van der Waals surface area contributed by atoms with Crippen molar-refractivity contribution in [2.24, 2.45) is 0 Å². The van der Waals surface area contributed by atoms with Crippen LogP contribution in [-0.4, -0.2) is 59.5 Å². The van der Waals surface area contributed by atoms with Crippen LogP contribution in [0.15, 0.2) is 31.0 Å². The zero-order valence-corrected chi connectivity index (χ0v) is 21.3. The molecule has 2 aromatic rings. The fourth-order valence-corrected chi connectivity index (χ4v) is 4.91. The summed E-state index contributed by atoms with van der Waals surface area (Å²) in [6, 6.07) is 6.61. The molecule has 2 fully saturated rings. The average Bonchev–Trinajstić information content (AvgIpc) is 2.91. The van der Waals surface area contributed by atoms with E-state index in [9.17, 15) is 10.1 Å². The van der Waals surface area contributed by atoms with Crippen LogP contribution in [-0.2, 0) is 4.79 Å². The summed E-state index contributed by atoms with van der Waals surface area (Å²) in [6.07, 6.45) is 8.56. The van der Waals surface area contributed by atoms with Crippen molar-refractivity contribution in [3.63, 3.8) is 0 Å². The van der Waals surface area contributed by atoms with Gasteiger partial charge in [0, 0.05) is 37.9 Å². The summed E-state index contributed by atoms with van der Waals surface area (Å²) in [5.74, 6) is 0.626. The Kier molecular flexibility index (Phi) is 8.39. The monoisotopic (exact) mass is 488 g/mol. The van der Waals surface area contributed by atoms with E-state index in [1.165, 1.54) is 25.3 Å². The van der Waals surface area contributed by atoms with Gasteiger partial charge in [-0.2, -0.15) is 10.2 Å². The second-order valence-electron chi connectivity index (χ2n) is 9.47. The molecular weight excluding hydrogens is 452 g/mol. The predicted octanol–water partition coefficient (Wildman–Crippen LogP) is 4.41. The Morgan fingerprint density at radius 1 is 1.22 bits per heavy atom. The van der Waals surface area contributed by atoms with E-state index in [0.29, 0.717) is 29.1 Å². The molecule has 9 heteroatoms. The van der Waals surface area contributed by atoms with E-state index in [1.807, 2.05) is 13.0 Å². The van der Waals surface area contributed by atoms with Crippen LogP contribution in [0.25, 0.3) is 0 Å². The Morgan fingerprint density at radius 3 is 2.64 bits per heavy atom. The molecule has 0 atom stereocenters. The summed E-state index contributed by atoms with van der Waals surface area (Å²) in [5.41, 5.74) is 3.80. The third-order valence-corrected chi connectivity index (χ3v) is 7.04. The Morgan fingerprint density at radius 2 is 1.97 bits per heavy atom. The van der Waals surface area contributed by atoms with Crippen LogP contribution in [0.3, 0.4) is 0 Å². The van der Waals surface area contributed by atoms with Gasteiger partial charge in [0.1, 0.15) is 17.5 Å². The fraction of sp³-hybridized carbons (Fsp3) is 0.481. The number of nitrogens with zero attached hydrogens (tertiary/aromatic N) is 5. The number of likely N-dealkylation sites (N-methyl/N-ethyl adjacent to an activating group) is 1. The third kappa shape index (κ3) is 6.13. The minimum absolute atomic E-state index is 0.286. The predicted molar refractivity (Wildman–Crippen MR) is 145 cm³/mol. The molecule has 1 aromatic heterocycles. The Bertz CT molecular complexity index is 1130. The van der Waals surface area contributed by atoms with Crippen molar-refractivity contribution in [2.75, 3.05) is 53.6 Å². The number of nitrogens with one attached hydrogen (secondary N) is 3. The third-order valence-electron chi connectivity index (χ3n) is 7.04. The van der Waals surface area contributed by atoms with E-state index in [2.05, 4.69) is 61.4 Å². The SMILES string of the molecule is C=CC(=O)Nc1cc(N2CCN(CC)CC2)cc(C)c1Nc1ncc(C#N)c(NC2CCCCC2)n1. The summed E-state index contributed by atoms with van der Waals surface area (Å²) >= 11 is 0. The van der Waals surface area contributed by atoms with Gasteiger partial charge in [-0.25, -0.2) is 4.98 Å². The van der Waals surface area contributed by atoms with Crippen LogP contribution in [0.1, 0.15) is 50.2 Å².